The van der Waals surface area contributed by atoms with Gasteiger partial charge in [0.2, 0.25) is 5.91 Å². The van der Waals surface area contributed by atoms with Crippen LogP contribution in [0.25, 0.3) is 5.69 Å². The highest BCUT2D eigenvalue weighted by atomic mass is 16.3. The summed E-state index contributed by atoms with van der Waals surface area (Å²) < 4.78 is 1.73. The molecule has 1 atom stereocenters. The third kappa shape index (κ3) is 4.21. The maximum absolute atomic E-state index is 11.3. The third-order valence-corrected chi connectivity index (χ3v) is 3.65. The zero-order chi connectivity index (χ0) is 17.6. The number of aliphatic hydroxyl groups excluding tert-OH is 1. The second-order valence-corrected chi connectivity index (χ2v) is 5.58. The van der Waals surface area contributed by atoms with Crippen LogP contribution in [0.1, 0.15) is 18.7 Å². The molecule has 1 aromatic heterocycles. The van der Waals surface area contributed by atoms with E-state index in [4.69, 9.17) is 5.11 Å². The van der Waals surface area contributed by atoms with Crippen LogP contribution in [-0.4, -0.2) is 32.6 Å². The maximum atomic E-state index is 11.3. The van der Waals surface area contributed by atoms with Gasteiger partial charge in [-0.25, -0.2) is 4.68 Å². The number of carbonyl (C=O) groups is 1. The summed E-state index contributed by atoms with van der Waals surface area (Å²) in [5, 5.41) is 23.1. The SMILES string of the molecule is CC(Nc1cccc(NC(=O)CO)c1)c1cn(-c2ccccc2)nn1. The number of nitrogens with zero attached hydrogens (tertiary/aromatic N) is 3. The Hall–Kier alpha value is -3.19. The third-order valence-electron chi connectivity index (χ3n) is 3.65. The number of hydrogen-bond donors (Lipinski definition) is 3. The standard InChI is InChI=1S/C18H19N5O2/c1-13(17-11-23(22-21-17)16-8-3-2-4-9-16)19-14-6-5-7-15(10-14)20-18(25)12-24/h2-11,13,19,24H,12H2,1H3,(H,20,25). The Morgan fingerprint density at radius 3 is 2.68 bits per heavy atom. The molecular weight excluding hydrogens is 318 g/mol. The van der Waals surface area contributed by atoms with Gasteiger partial charge < -0.3 is 15.7 Å². The van der Waals surface area contributed by atoms with Crippen LogP contribution in [0, 0.1) is 0 Å². The van der Waals surface area contributed by atoms with E-state index in [0.717, 1.165) is 17.1 Å². The number of benzene rings is 2. The first kappa shape index (κ1) is 16.7. The van der Waals surface area contributed by atoms with Gasteiger partial charge in [-0.1, -0.05) is 29.5 Å². The van der Waals surface area contributed by atoms with Crippen molar-refractivity contribution in [2.24, 2.45) is 0 Å². The van der Waals surface area contributed by atoms with E-state index in [1.165, 1.54) is 0 Å². The lowest BCUT2D eigenvalue weighted by molar-refractivity contribution is -0.118. The highest BCUT2D eigenvalue weighted by Crippen LogP contribution is 2.21. The Kier molecular flexibility index (Phi) is 5.06. The molecule has 3 rings (SSSR count). The second-order valence-electron chi connectivity index (χ2n) is 5.58. The predicted octanol–water partition coefficient (Wildman–Crippen LogP) is 2.37. The number of anilines is 2. The van der Waals surface area contributed by atoms with Crippen molar-refractivity contribution in [3.05, 3.63) is 66.5 Å². The Morgan fingerprint density at radius 2 is 1.92 bits per heavy atom. The molecule has 1 amide bonds. The summed E-state index contributed by atoms with van der Waals surface area (Å²) in [6.07, 6.45) is 1.88. The number of nitrogens with one attached hydrogen (secondary N) is 2. The van der Waals surface area contributed by atoms with E-state index >= 15 is 0 Å². The fourth-order valence-electron chi connectivity index (χ4n) is 2.39. The van der Waals surface area contributed by atoms with Crippen molar-refractivity contribution in [3.63, 3.8) is 0 Å². The highest BCUT2D eigenvalue weighted by Gasteiger charge is 2.11. The van der Waals surface area contributed by atoms with Gasteiger partial charge in [-0.2, -0.15) is 0 Å². The fourth-order valence-corrected chi connectivity index (χ4v) is 2.39. The predicted molar refractivity (Wildman–Crippen MR) is 95.6 cm³/mol. The van der Waals surface area contributed by atoms with Gasteiger partial charge in [0.25, 0.3) is 0 Å². The van der Waals surface area contributed by atoms with Crippen molar-refractivity contribution in [2.45, 2.75) is 13.0 Å². The van der Waals surface area contributed by atoms with Gasteiger partial charge >= 0.3 is 0 Å². The van der Waals surface area contributed by atoms with Gasteiger partial charge in [0.1, 0.15) is 12.3 Å². The molecule has 0 aliphatic rings. The molecule has 1 unspecified atom stereocenters. The number of aromatic nitrogens is 3. The van der Waals surface area contributed by atoms with Crippen LogP contribution in [0.5, 0.6) is 0 Å². The zero-order valence-electron chi connectivity index (χ0n) is 13.8. The molecule has 128 valence electrons. The summed E-state index contributed by atoms with van der Waals surface area (Å²) in [5.41, 5.74) is 3.19. The molecule has 0 saturated heterocycles. The molecule has 0 aliphatic carbocycles. The summed E-state index contributed by atoms with van der Waals surface area (Å²) in [6, 6.07) is 17.0. The minimum Gasteiger partial charge on any atom is -0.387 e. The van der Waals surface area contributed by atoms with E-state index < -0.39 is 12.5 Å². The summed E-state index contributed by atoms with van der Waals surface area (Å²) in [6.45, 7) is 1.44. The van der Waals surface area contributed by atoms with Gasteiger partial charge in [0.05, 0.1) is 17.9 Å². The van der Waals surface area contributed by atoms with Crippen LogP contribution in [0.15, 0.2) is 60.8 Å². The summed E-state index contributed by atoms with van der Waals surface area (Å²) in [5.74, 6) is -0.448. The first-order valence-corrected chi connectivity index (χ1v) is 7.90. The van der Waals surface area contributed by atoms with Crippen LogP contribution in [-0.2, 0) is 4.79 Å². The topological polar surface area (TPSA) is 92.1 Å². The van der Waals surface area contributed by atoms with Crippen molar-refractivity contribution in [2.75, 3.05) is 17.2 Å². The van der Waals surface area contributed by atoms with E-state index in [2.05, 4.69) is 20.9 Å². The lowest BCUT2D eigenvalue weighted by Crippen LogP contribution is -2.15. The first-order valence-electron chi connectivity index (χ1n) is 7.90. The second kappa shape index (κ2) is 7.59. The molecule has 0 fully saturated rings. The van der Waals surface area contributed by atoms with Crippen molar-refractivity contribution >= 4 is 17.3 Å². The van der Waals surface area contributed by atoms with Gasteiger partial charge in [-0.05, 0) is 37.3 Å². The number of hydrogen-bond acceptors (Lipinski definition) is 5. The highest BCUT2D eigenvalue weighted by molar-refractivity contribution is 5.91. The molecular formula is C18H19N5O2. The molecule has 3 aromatic rings. The Balaban J connectivity index is 1.70. The number of para-hydroxylation sites is 1. The monoisotopic (exact) mass is 337 g/mol. The van der Waals surface area contributed by atoms with E-state index in [0.29, 0.717) is 5.69 Å². The van der Waals surface area contributed by atoms with Crippen LogP contribution >= 0.6 is 0 Å². The lowest BCUT2D eigenvalue weighted by atomic mass is 10.2. The summed E-state index contributed by atoms with van der Waals surface area (Å²) >= 11 is 0. The summed E-state index contributed by atoms with van der Waals surface area (Å²) in [4.78, 5) is 11.3. The minimum absolute atomic E-state index is 0.0683. The lowest BCUT2D eigenvalue weighted by Gasteiger charge is -2.13. The quantitative estimate of drug-likeness (QED) is 0.642. The Bertz CT molecular complexity index is 847. The molecule has 0 radical (unpaired) electrons. The number of amides is 1. The molecule has 7 heteroatoms. The van der Waals surface area contributed by atoms with Gasteiger partial charge in [-0.15, -0.1) is 5.10 Å². The Morgan fingerprint density at radius 1 is 1.16 bits per heavy atom. The molecule has 7 nitrogen and oxygen atoms in total. The molecule has 0 spiro atoms. The van der Waals surface area contributed by atoms with Crippen LogP contribution in [0.3, 0.4) is 0 Å². The van der Waals surface area contributed by atoms with Crippen molar-refractivity contribution in [1.82, 2.24) is 15.0 Å². The average Bonchev–Trinajstić information content (AvgIpc) is 3.13. The maximum Gasteiger partial charge on any atom is 0.250 e. The number of carbonyl (C=O) groups excluding carboxylic acids is 1. The van der Waals surface area contributed by atoms with Crippen LogP contribution in [0.4, 0.5) is 11.4 Å². The Labute approximate surface area is 145 Å². The van der Waals surface area contributed by atoms with Gasteiger partial charge in [0, 0.05) is 11.4 Å². The molecule has 0 saturated carbocycles. The fraction of sp³-hybridized carbons (Fsp3) is 0.167. The number of aliphatic hydroxyl groups is 1. The summed E-state index contributed by atoms with van der Waals surface area (Å²) in [7, 11) is 0. The normalized spacial score (nSPS) is 11.8. The van der Waals surface area contributed by atoms with Crippen LogP contribution < -0.4 is 10.6 Å². The van der Waals surface area contributed by atoms with E-state index in [1.807, 2.05) is 55.6 Å². The van der Waals surface area contributed by atoms with E-state index in [9.17, 15) is 4.79 Å². The van der Waals surface area contributed by atoms with Crippen molar-refractivity contribution in [1.29, 1.82) is 0 Å². The molecule has 0 aliphatic heterocycles. The van der Waals surface area contributed by atoms with Crippen LogP contribution in [0.2, 0.25) is 0 Å². The number of rotatable bonds is 6. The van der Waals surface area contributed by atoms with Gasteiger partial charge in [0.15, 0.2) is 0 Å². The minimum atomic E-state index is -0.545. The first-order chi connectivity index (χ1) is 12.2. The molecule has 1 heterocycles. The van der Waals surface area contributed by atoms with Gasteiger partial charge in [-0.3, -0.25) is 4.79 Å². The molecule has 3 N–H and O–H groups in total. The van der Waals surface area contributed by atoms with E-state index in [-0.39, 0.29) is 6.04 Å². The average molecular weight is 337 g/mol. The zero-order valence-corrected chi connectivity index (χ0v) is 13.8. The van der Waals surface area contributed by atoms with Crippen molar-refractivity contribution < 1.29 is 9.90 Å². The smallest absolute Gasteiger partial charge is 0.250 e. The van der Waals surface area contributed by atoms with Crippen molar-refractivity contribution in [3.8, 4) is 5.69 Å². The molecule has 25 heavy (non-hydrogen) atoms. The molecule has 2 aromatic carbocycles. The largest absolute Gasteiger partial charge is 0.387 e. The van der Waals surface area contributed by atoms with E-state index in [1.54, 1.807) is 16.8 Å². The molecule has 0 bridgehead atoms.